The van der Waals surface area contributed by atoms with Crippen molar-refractivity contribution in [2.24, 2.45) is 5.73 Å². The lowest BCUT2D eigenvalue weighted by Gasteiger charge is -2.31. The predicted octanol–water partition coefficient (Wildman–Crippen LogP) is 4.02. The average molecular weight is 572 g/mol. The molecule has 0 unspecified atom stereocenters. The maximum absolute atomic E-state index is 15.7. The second-order valence-corrected chi connectivity index (χ2v) is 9.54. The van der Waals surface area contributed by atoms with E-state index in [0.717, 1.165) is 5.69 Å². The number of aromatic hydroxyl groups is 1. The number of nitrogens with two attached hydrogens (primary N) is 1. The minimum Gasteiger partial charge on any atom is -0.504 e. The molecule has 3 aromatic rings. The number of esters is 1. The number of benzene rings is 2. The number of hydrogen-bond donors (Lipinski definition) is 3. The van der Waals surface area contributed by atoms with Crippen molar-refractivity contribution in [2.75, 3.05) is 45.7 Å². The first-order valence-electron chi connectivity index (χ1n) is 12.7. The number of phenolic OH excluding ortho intramolecular Hbond substituents is 1. The number of amidine groups is 1. The van der Waals surface area contributed by atoms with Crippen molar-refractivity contribution < 1.29 is 37.6 Å². The zero-order valence-electron chi connectivity index (χ0n) is 22.8. The Morgan fingerprint density at radius 3 is 2.44 bits per heavy atom. The SMILES string of the molecule is COC(=O)CN1CCC(Oc2c(F)c(Oc3cccc(N(C)C)c3)nc(Oc3cc(C(=N)N)ccc3O)c2F)CC1. The van der Waals surface area contributed by atoms with Crippen LogP contribution in [0.3, 0.4) is 0 Å². The highest BCUT2D eigenvalue weighted by Gasteiger charge is 2.30. The van der Waals surface area contributed by atoms with Crippen molar-refractivity contribution in [3.8, 4) is 34.8 Å². The molecule has 0 atom stereocenters. The Morgan fingerprint density at radius 1 is 1.12 bits per heavy atom. The Kier molecular flexibility index (Phi) is 9.07. The van der Waals surface area contributed by atoms with Gasteiger partial charge in [0.2, 0.25) is 17.4 Å². The molecule has 4 N–H and O–H groups in total. The van der Waals surface area contributed by atoms with Gasteiger partial charge in [-0.15, -0.1) is 0 Å². The lowest BCUT2D eigenvalue weighted by atomic mass is 10.1. The highest BCUT2D eigenvalue weighted by molar-refractivity contribution is 5.95. The maximum atomic E-state index is 15.7. The molecule has 0 aliphatic carbocycles. The van der Waals surface area contributed by atoms with Crippen molar-refractivity contribution in [2.45, 2.75) is 18.9 Å². The third kappa shape index (κ3) is 7.11. The fraction of sp³-hybridized carbons (Fsp3) is 0.321. The second kappa shape index (κ2) is 12.7. The summed E-state index contributed by atoms with van der Waals surface area (Å²) in [4.78, 5) is 19.2. The predicted molar refractivity (Wildman–Crippen MR) is 146 cm³/mol. The third-order valence-electron chi connectivity index (χ3n) is 6.40. The molecule has 2 aromatic carbocycles. The fourth-order valence-corrected chi connectivity index (χ4v) is 4.12. The number of carbonyl (C=O) groups is 1. The van der Waals surface area contributed by atoms with Crippen LogP contribution in [-0.4, -0.2) is 73.7 Å². The van der Waals surface area contributed by atoms with E-state index in [-0.39, 0.29) is 41.2 Å². The number of halogens is 2. The first-order valence-corrected chi connectivity index (χ1v) is 12.7. The summed E-state index contributed by atoms with van der Waals surface area (Å²) in [5.74, 6) is -5.64. The van der Waals surface area contributed by atoms with E-state index in [1.807, 2.05) is 30.0 Å². The number of nitrogens with one attached hydrogen (secondary N) is 1. The average Bonchev–Trinajstić information content (AvgIpc) is 2.95. The number of nitrogens with zero attached hydrogens (tertiary/aromatic N) is 3. The molecule has 1 aromatic heterocycles. The minimum atomic E-state index is -1.25. The van der Waals surface area contributed by atoms with Crippen LogP contribution in [0.1, 0.15) is 18.4 Å². The van der Waals surface area contributed by atoms with E-state index in [4.69, 9.17) is 30.1 Å². The van der Waals surface area contributed by atoms with Crippen LogP contribution < -0.4 is 24.8 Å². The van der Waals surface area contributed by atoms with E-state index in [9.17, 15) is 9.90 Å². The Morgan fingerprint density at radius 2 is 1.80 bits per heavy atom. The number of anilines is 1. The molecule has 0 amide bonds. The van der Waals surface area contributed by atoms with Gasteiger partial charge in [0.1, 0.15) is 17.7 Å². The van der Waals surface area contributed by atoms with Gasteiger partial charge < -0.3 is 34.7 Å². The van der Waals surface area contributed by atoms with Gasteiger partial charge >= 0.3 is 5.97 Å². The van der Waals surface area contributed by atoms with E-state index in [2.05, 4.69) is 4.98 Å². The summed E-state index contributed by atoms with van der Waals surface area (Å²) in [6, 6.07) is 10.6. The molecule has 13 heteroatoms. The molecule has 0 radical (unpaired) electrons. The van der Waals surface area contributed by atoms with Crippen LogP contribution in [-0.2, 0) is 9.53 Å². The largest absolute Gasteiger partial charge is 0.504 e. The van der Waals surface area contributed by atoms with Crippen LogP contribution in [0.2, 0.25) is 0 Å². The standard InChI is InChI=1S/C28H31F2N5O6/c1-34(2)17-5-4-6-19(14-17)40-27-23(29)25(39-18-9-11-35(12-10-18)15-22(37)38-3)24(30)28(33-27)41-21-13-16(26(31)32)7-8-20(21)36/h4-8,13-14,18,36H,9-12,15H2,1-3H3,(H3,31,32). The van der Waals surface area contributed by atoms with Crippen LogP contribution in [0.5, 0.6) is 34.8 Å². The highest BCUT2D eigenvalue weighted by atomic mass is 19.1. The molecule has 218 valence electrons. The molecular formula is C28H31F2N5O6. The zero-order chi connectivity index (χ0) is 29.7. The van der Waals surface area contributed by atoms with E-state index >= 15 is 8.78 Å². The van der Waals surface area contributed by atoms with Crippen LogP contribution >= 0.6 is 0 Å². The first-order chi connectivity index (χ1) is 19.5. The first kappa shape index (κ1) is 29.3. The Labute approximate surface area is 235 Å². The zero-order valence-corrected chi connectivity index (χ0v) is 22.8. The number of ether oxygens (including phenoxy) is 4. The van der Waals surface area contributed by atoms with Gasteiger partial charge in [-0.2, -0.15) is 13.8 Å². The molecule has 1 saturated heterocycles. The molecule has 1 fully saturated rings. The third-order valence-corrected chi connectivity index (χ3v) is 6.40. The van der Waals surface area contributed by atoms with Crippen molar-refractivity contribution >= 4 is 17.5 Å². The molecule has 1 aliphatic rings. The van der Waals surface area contributed by atoms with Gasteiger partial charge in [0.15, 0.2) is 11.5 Å². The topological polar surface area (TPSA) is 143 Å². The van der Waals surface area contributed by atoms with Crippen LogP contribution in [0.15, 0.2) is 42.5 Å². The number of pyridine rings is 1. The fourth-order valence-electron chi connectivity index (χ4n) is 4.12. The van der Waals surface area contributed by atoms with E-state index in [0.29, 0.717) is 25.9 Å². The van der Waals surface area contributed by atoms with Gasteiger partial charge in [-0.1, -0.05) is 6.07 Å². The maximum Gasteiger partial charge on any atom is 0.319 e. The van der Waals surface area contributed by atoms with Gasteiger partial charge in [-0.25, -0.2) is 0 Å². The van der Waals surface area contributed by atoms with Gasteiger partial charge in [0.05, 0.1) is 13.7 Å². The smallest absolute Gasteiger partial charge is 0.319 e. The molecule has 41 heavy (non-hydrogen) atoms. The summed E-state index contributed by atoms with van der Waals surface area (Å²) in [6.07, 6.45) is 0.191. The molecule has 0 spiro atoms. The summed E-state index contributed by atoms with van der Waals surface area (Å²) >= 11 is 0. The lowest BCUT2D eigenvalue weighted by molar-refractivity contribution is -0.142. The molecule has 4 rings (SSSR count). The number of hydrogen-bond acceptors (Lipinski definition) is 10. The number of likely N-dealkylation sites (tertiary alicyclic amines) is 1. The van der Waals surface area contributed by atoms with Crippen molar-refractivity contribution in [3.05, 3.63) is 59.7 Å². The molecule has 1 aliphatic heterocycles. The Hall–Kier alpha value is -4.65. The molecule has 0 saturated carbocycles. The lowest BCUT2D eigenvalue weighted by Crippen LogP contribution is -2.41. The summed E-state index contributed by atoms with van der Waals surface area (Å²) in [5.41, 5.74) is 6.49. The summed E-state index contributed by atoms with van der Waals surface area (Å²) in [7, 11) is 4.96. The van der Waals surface area contributed by atoms with Crippen molar-refractivity contribution in [1.82, 2.24) is 9.88 Å². The number of rotatable bonds is 10. The van der Waals surface area contributed by atoms with Crippen LogP contribution in [0.25, 0.3) is 0 Å². The van der Waals surface area contributed by atoms with Crippen molar-refractivity contribution in [1.29, 1.82) is 5.41 Å². The molecule has 2 heterocycles. The minimum absolute atomic E-state index is 0.103. The van der Waals surface area contributed by atoms with Gasteiger partial charge in [0, 0.05) is 44.5 Å². The van der Waals surface area contributed by atoms with Crippen LogP contribution in [0, 0.1) is 17.0 Å². The van der Waals surface area contributed by atoms with Gasteiger partial charge in [-0.05, 0) is 43.2 Å². The molecule has 0 bridgehead atoms. The molecular weight excluding hydrogens is 540 g/mol. The second-order valence-electron chi connectivity index (χ2n) is 9.54. The number of carbonyl (C=O) groups excluding carboxylic acids is 1. The monoisotopic (exact) mass is 571 g/mol. The van der Waals surface area contributed by atoms with Gasteiger partial charge in [0.25, 0.3) is 11.8 Å². The summed E-state index contributed by atoms with van der Waals surface area (Å²) in [6.45, 7) is 1.000. The number of aromatic nitrogens is 1. The number of piperidine rings is 1. The summed E-state index contributed by atoms with van der Waals surface area (Å²) < 4.78 is 53.2. The Balaban J connectivity index is 1.67. The normalized spacial score (nSPS) is 13.9. The molecule has 11 nitrogen and oxygen atoms in total. The number of phenols is 1. The van der Waals surface area contributed by atoms with Gasteiger partial charge in [-0.3, -0.25) is 15.1 Å². The summed E-state index contributed by atoms with van der Waals surface area (Å²) in [5, 5.41) is 17.9. The van der Waals surface area contributed by atoms with E-state index in [1.165, 1.54) is 25.3 Å². The van der Waals surface area contributed by atoms with E-state index < -0.39 is 35.2 Å². The highest BCUT2D eigenvalue weighted by Crippen LogP contribution is 2.40. The van der Waals surface area contributed by atoms with Crippen molar-refractivity contribution in [3.63, 3.8) is 0 Å². The Bertz CT molecular complexity index is 1430. The number of nitrogen functional groups attached to an aromatic ring is 1. The quantitative estimate of drug-likeness (QED) is 0.185. The van der Waals surface area contributed by atoms with Crippen LogP contribution in [0.4, 0.5) is 14.5 Å². The number of methoxy groups -OCH3 is 1. The van der Waals surface area contributed by atoms with E-state index in [1.54, 1.807) is 18.2 Å².